The summed E-state index contributed by atoms with van der Waals surface area (Å²) >= 11 is -1.05. The molecule has 0 spiro atoms. The number of fused-ring (bicyclic) bond motifs is 1. The molecule has 2 N–H and O–H groups in total. The molecule has 0 unspecified atom stereocenters. The first kappa shape index (κ1) is 18.3. The summed E-state index contributed by atoms with van der Waals surface area (Å²) in [4.78, 5) is 14.3. The van der Waals surface area contributed by atoms with Gasteiger partial charge in [-0.1, -0.05) is 0 Å². The summed E-state index contributed by atoms with van der Waals surface area (Å²) in [6, 6.07) is 2.14. The molecule has 1 aromatic rings. The van der Waals surface area contributed by atoms with Crippen molar-refractivity contribution in [3.05, 3.63) is 23.5 Å². The molecule has 8 heteroatoms. The maximum atomic E-state index is 14.2. The topological polar surface area (TPSA) is 61.8 Å². The van der Waals surface area contributed by atoms with Gasteiger partial charge in [0.05, 0.1) is 0 Å². The van der Waals surface area contributed by atoms with Crippen LogP contribution >= 0.6 is 0 Å². The molecule has 1 heterocycles. The van der Waals surface area contributed by atoms with Crippen molar-refractivity contribution < 1.29 is 38.8 Å². The number of benzene rings is 1. The van der Waals surface area contributed by atoms with E-state index in [-0.39, 0.29) is 24.2 Å². The Morgan fingerprint density at radius 2 is 2.26 bits per heavy atom. The van der Waals surface area contributed by atoms with Gasteiger partial charge in [-0.05, 0) is 0 Å². The van der Waals surface area contributed by atoms with Crippen molar-refractivity contribution in [2.45, 2.75) is 32.4 Å². The molecule has 2 rings (SSSR count). The Labute approximate surface area is 147 Å². The van der Waals surface area contributed by atoms with Gasteiger partial charge in [0, 0.05) is 0 Å². The third kappa shape index (κ3) is 3.91. The van der Waals surface area contributed by atoms with E-state index in [9.17, 15) is 14.3 Å². The van der Waals surface area contributed by atoms with E-state index in [0.717, 1.165) is 11.3 Å². The fourth-order valence-corrected chi connectivity index (χ4v) is 3.58. The van der Waals surface area contributed by atoms with Crippen molar-refractivity contribution >= 4 is 17.3 Å². The van der Waals surface area contributed by atoms with E-state index in [2.05, 4.69) is 5.32 Å². The first-order valence-electron chi connectivity index (χ1n) is 7.36. The molecule has 0 saturated carbocycles. The predicted molar refractivity (Wildman–Crippen MR) is 82.5 cm³/mol. The summed E-state index contributed by atoms with van der Waals surface area (Å²) in [5, 5.41) is 12.3. The molecule has 1 aliphatic heterocycles. The second-order valence-corrected chi connectivity index (χ2v) is 6.92. The average Bonchev–Trinajstić information content (AvgIpc) is 2.47. The number of halogens is 2. The molecule has 1 amide bonds. The van der Waals surface area contributed by atoms with Crippen molar-refractivity contribution in [1.82, 2.24) is 5.32 Å². The minimum atomic E-state index is -1.05. The number of carbonyl (C=O) groups excluding carboxylic acids is 1. The second kappa shape index (κ2) is 7.70. The van der Waals surface area contributed by atoms with Crippen LogP contribution < -0.4 is 34.7 Å². The van der Waals surface area contributed by atoms with Crippen LogP contribution in [0.3, 0.4) is 0 Å². The van der Waals surface area contributed by atoms with Gasteiger partial charge in [-0.25, -0.2) is 0 Å². The minimum absolute atomic E-state index is 0.0432. The summed E-state index contributed by atoms with van der Waals surface area (Å²) in [6.07, 6.45) is 0.349. The number of aliphatic hydroxyl groups excluding tert-OH is 1. The van der Waals surface area contributed by atoms with E-state index in [1.165, 1.54) is 6.07 Å². The predicted octanol–water partition coefficient (Wildman–Crippen LogP) is -2.21. The summed E-state index contributed by atoms with van der Waals surface area (Å²) in [5.74, 6) is -0.478. The second-order valence-electron chi connectivity index (χ2n) is 5.97. The van der Waals surface area contributed by atoms with Crippen LogP contribution in [0.2, 0.25) is 0 Å². The molecule has 1 aromatic carbocycles. The monoisotopic (exact) mass is 433 g/mol. The molecule has 0 fully saturated rings. The number of amides is 1. The van der Waals surface area contributed by atoms with E-state index in [1.54, 1.807) is 6.07 Å². The van der Waals surface area contributed by atoms with Crippen molar-refractivity contribution in [1.29, 1.82) is 0 Å². The third-order valence-corrected chi connectivity index (χ3v) is 4.72. The summed E-state index contributed by atoms with van der Waals surface area (Å²) in [7, 11) is 1.81. The Hall–Kier alpha value is -1.03. The molecule has 5 nitrogen and oxygen atoms in total. The summed E-state index contributed by atoms with van der Waals surface area (Å²) < 4.78 is 19.4. The zero-order chi connectivity index (χ0) is 17.1. The summed E-state index contributed by atoms with van der Waals surface area (Å²) in [5.41, 5.74) is 6.89. The van der Waals surface area contributed by atoms with Gasteiger partial charge in [0.25, 0.3) is 0 Å². The van der Waals surface area contributed by atoms with Crippen molar-refractivity contribution in [2.24, 2.45) is 5.92 Å². The van der Waals surface area contributed by atoms with Gasteiger partial charge in [-0.3, -0.25) is 0 Å². The summed E-state index contributed by atoms with van der Waals surface area (Å²) in [6.45, 7) is 3.69. The first-order chi connectivity index (χ1) is 10.9. The SMILES string of the molecule is [B][I-]Oc1cc2c(cc1F)C[C@H](CO)NC(=O)[C@@H](C(C)C)N2C. The number of carbonyl (C=O) groups is 1. The van der Waals surface area contributed by atoms with E-state index in [0.29, 0.717) is 6.42 Å². The first-order valence-corrected chi connectivity index (χ1v) is 9.48. The van der Waals surface area contributed by atoms with Gasteiger partial charge in [0.2, 0.25) is 0 Å². The average molecular weight is 433 g/mol. The van der Waals surface area contributed by atoms with Crippen LogP contribution in [0.25, 0.3) is 0 Å². The Balaban J connectivity index is 2.55. The molecule has 0 bridgehead atoms. The van der Waals surface area contributed by atoms with Crippen molar-refractivity contribution in [3.63, 3.8) is 0 Å². The molecule has 23 heavy (non-hydrogen) atoms. The molecule has 1 aliphatic rings. The van der Waals surface area contributed by atoms with Gasteiger partial charge in [-0.15, -0.1) is 0 Å². The molecular formula is C15H20BFIN2O3-. The Kier molecular flexibility index (Phi) is 6.13. The molecule has 0 aliphatic carbocycles. The maximum absolute atomic E-state index is 14.2. The van der Waals surface area contributed by atoms with Crippen LogP contribution in [0, 0.1) is 11.7 Å². The zero-order valence-electron chi connectivity index (χ0n) is 13.3. The fourth-order valence-electron chi connectivity index (χ4n) is 2.97. The standard InChI is InChI=1S/C15H20BFIN2O3/c1-8(2)14-15(22)19-10(7-21)4-9-5-11(17)13(23-18-16)6-12(9)20(14)3/h5-6,8,10,14,21H,4,7H2,1-3H3,(H,19,22)/q-1/t10-,14-/m1/s1. The number of hydrogen-bond donors (Lipinski definition) is 2. The number of hydrogen-bond acceptors (Lipinski definition) is 4. The van der Waals surface area contributed by atoms with Crippen LogP contribution in [0.15, 0.2) is 12.1 Å². The fraction of sp³-hybridized carbons (Fsp3) is 0.533. The third-order valence-electron chi connectivity index (χ3n) is 3.99. The van der Waals surface area contributed by atoms with Gasteiger partial charge in [0.15, 0.2) is 0 Å². The van der Waals surface area contributed by atoms with Crippen LogP contribution in [-0.2, 0) is 11.2 Å². The number of likely N-dealkylation sites (N-methyl/N-ethyl adjacent to an activating group) is 1. The number of rotatable bonds is 4. The van der Waals surface area contributed by atoms with E-state index < -0.39 is 39.3 Å². The Bertz CT molecular complexity index is 588. The quantitative estimate of drug-likeness (QED) is 0.418. The number of nitrogens with zero attached hydrogens (tertiary/aromatic N) is 1. The molecular weight excluding hydrogens is 413 g/mol. The van der Waals surface area contributed by atoms with E-state index >= 15 is 0 Å². The molecule has 0 aromatic heterocycles. The van der Waals surface area contributed by atoms with Crippen LogP contribution in [0.4, 0.5) is 10.1 Å². The Morgan fingerprint density at radius 1 is 1.57 bits per heavy atom. The normalized spacial score (nSPS) is 21.7. The number of anilines is 1. The molecule has 2 radical (unpaired) electrons. The number of aliphatic hydroxyl groups is 1. The van der Waals surface area contributed by atoms with Crippen LogP contribution in [0.1, 0.15) is 19.4 Å². The van der Waals surface area contributed by atoms with Crippen LogP contribution in [-0.4, -0.2) is 42.5 Å². The van der Waals surface area contributed by atoms with E-state index in [4.69, 9.17) is 8.77 Å². The van der Waals surface area contributed by atoms with Gasteiger partial charge >= 0.3 is 147 Å². The van der Waals surface area contributed by atoms with Gasteiger partial charge in [-0.2, -0.15) is 0 Å². The Morgan fingerprint density at radius 3 is 2.83 bits per heavy atom. The van der Waals surface area contributed by atoms with Crippen LogP contribution in [0.5, 0.6) is 5.75 Å². The van der Waals surface area contributed by atoms with Gasteiger partial charge < -0.3 is 0 Å². The molecule has 2 atom stereocenters. The van der Waals surface area contributed by atoms with Crippen molar-refractivity contribution in [3.8, 4) is 5.75 Å². The van der Waals surface area contributed by atoms with E-state index in [1.807, 2.05) is 25.8 Å². The van der Waals surface area contributed by atoms with Gasteiger partial charge in [0.1, 0.15) is 0 Å². The molecule has 0 saturated heterocycles. The zero-order valence-corrected chi connectivity index (χ0v) is 15.5. The van der Waals surface area contributed by atoms with Crippen molar-refractivity contribution in [2.75, 3.05) is 18.6 Å². The number of nitrogens with one attached hydrogen (secondary N) is 1. The molecule has 126 valence electrons.